The molecule has 7 rings (SSSR count). The molecule has 1 spiro atoms. The van der Waals surface area contributed by atoms with Gasteiger partial charge in [-0.15, -0.1) is 0 Å². The molecule has 2 N–H and O–H groups in total. The van der Waals surface area contributed by atoms with Gasteiger partial charge in [-0.1, -0.05) is 23.7 Å². The maximum Gasteiger partial charge on any atom is 0.287 e. The number of likely N-dealkylation sites (N-methyl/N-ethyl adjacent to an activating group) is 1. The van der Waals surface area contributed by atoms with Gasteiger partial charge in [0.25, 0.3) is 17.4 Å². The number of aromatic nitrogens is 2. The van der Waals surface area contributed by atoms with Crippen LogP contribution in [0.25, 0.3) is 0 Å². The third-order valence-electron chi connectivity index (χ3n) is 11.6. The molecule has 52 heavy (non-hydrogen) atoms. The van der Waals surface area contributed by atoms with Crippen LogP contribution < -0.4 is 25.8 Å². The third kappa shape index (κ3) is 7.68. The zero-order chi connectivity index (χ0) is 36.6. The van der Waals surface area contributed by atoms with Crippen molar-refractivity contribution in [3.05, 3.63) is 80.7 Å². The Balaban J connectivity index is 0.897. The molecule has 0 radical (unpaired) electrons. The number of aryl methyl sites for hydroxylation is 2. The maximum absolute atomic E-state index is 13.6. The van der Waals surface area contributed by atoms with Crippen molar-refractivity contribution in [2.24, 2.45) is 12.5 Å². The van der Waals surface area contributed by atoms with Gasteiger partial charge < -0.3 is 24.8 Å². The molecule has 3 aromatic rings. The first-order chi connectivity index (χ1) is 25.0. The van der Waals surface area contributed by atoms with Gasteiger partial charge in [0, 0.05) is 76.5 Å². The summed E-state index contributed by atoms with van der Waals surface area (Å²) < 4.78 is 7.20. The molecule has 276 valence electrons. The highest BCUT2D eigenvalue weighted by Crippen LogP contribution is 2.43. The minimum Gasteiger partial charge on any atom is -0.480 e. The minimum atomic E-state index is -0.645. The maximum atomic E-state index is 13.6. The van der Waals surface area contributed by atoms with Crippen molar-refractivity contribution in [1.82, 2.24) is 24.9 Å². The normalized spacial score (nSPS) is 23.7. The molecule has 4 fully saturated rings. The van der Waals surface area contributed by atoms with Gasteiger partial charge >= 0.3 is 0 Å². The fourth-order valence-electron chi connectivity index (χ4n) is 8.40. The first-order valence-electron chi connectivity index (χ1n) is 18.4. The summed E-state index contributed by atoms with van der Waals surface area (Å²) in [4.78, 5) is 56.2. The second kappa shape index (κ2) is 14.9. The molecule has 1 aromatic heterocycles. The summed E-state index contributed by atoms with van der Waals surface area (Å²) in [6, 6.07) is 14.3. The number of piperidine rings is 4. The number of hydrogen-bond acceptors (Lipinski definition) is 9. The Morgan fingerprint density at radius 3 is 2.38 bits per heavy atom. The lowest BCUT2D eigenvalue weighted by Gasteiger charge is -2.47. The van der Waals surface area contributed by atoms with Gasteiger partial charge in [-0.3, -0.25) is 24.5 Å². The zero-order valence-corrected chi connectivity index (χ0v) is 31.0. The molecule has 3 atom stereocenters. The number of rotatable bonds is 7. The van der Waals surface area contributed by atoms with E-state index in [1.165, 1.54) is 10.2 Å². The average molecular weight is 730 g/mol. The number of nitrogens with zero attached hydrogens (tertiary/aromatic N) is 5. The third-order valence-corrected chi connectivity index (χ3v) is 12.0. The number of hydrogen-bond donors (Lipinski definition) is 2. The Labute approximate surface area is 309 Å². The van der Waals surface area contributed by atoms with Crippen LogP contribution in [0.15, 0.2) is 53.5 Å². The lowest BCUT2D eigenvalue weighted by Crippen LogP contribution is -2.48. The number of carbonyl (C=O) groups excluding carboxylic acids is 3. The van der Waals surface area contributed by atoms with E-state index in [2.05, 4.69) is 56.8 Å². The summed E-state index contributed by atoms with van der Waals surface area (Å²) in [5, 5.41) is 10.1. The van der Waals surface area contributed by atoms with Crippen molar-refractivity contribution in [3.63, 3.8) is 0 Å². The second-order valence-electron chi connectivity index (χ2n) is 15.2. The Kier molecular flexibility index (Phi) is 10.3. The standard InChI is InChI=1S/C39H48ClN7O5/c1-25-20-30(8-9-32(25)52-33-10-11-34(48)43-36(33)49)46-16-12-39(13-17-46)14-18-47(19-15-39)37(50)27-6-4-26(5-7-27)28-21-29(24-44(2)23-28)42-31-22-41-45(3)38(51)35(31)40/h4-9,20,22,28-29,33,42H,10-19,21,23-24H2,1-3H3,(H,43,48,49). The molecule has 5 heterocycles. The zero-order valence-electron chi connectivity index (χ0n) is 30.2. The fraction of sp³-hybridized carbons (Fsp3) is 0.513. The molecule has 3 amide bonds. The quantitative estimate of drug-likeness (QED) is 0.341. The van der Waals surface area contributed by atoms with Gasteiger partial charge in [0.1, 0.15) is 10.8 Å². The van der Waals surface area contributed by atoms with Crippen molar-refractivity contribution in [2.75, 3.05) is 56.5 Å². The number of imide groups is 1. The second-order valence-corrected chi connectivity index (χ2v) is 15.6. The molecular weight excluding hydrogens is 682 g/mol. The van der Waals surface area contributed by atoms with Gasteiger partial charge in [-0.2, -0.15) is 5.10 Å². The Bertz CT molecular complexity index is 1880. The number of halogens is 1. The minimum absolute atomic E-state index is 0.0973. The van der Waals surface area contributed by atoms with E-state index in [0.717, 1.165) is 88.2 Å². The molecule has 13 heteroatoms. The summed E-state index contributed by atoms with van der Waals surface area (Å²) in [5.41, 5.74) is 4.53. The first-order valence-corrected chi connectivity index (χ1v) is 18.8. The van der Waals surface area contributed by atoms with E-state index in [1.54, 1.807) is 13.2 Å². The van der Waals surface area contributed by atoms with Crippen molar-refractivity contribution >= 4 is 40.7 Å². The average Bonchev–Trinajstić information content (AvgIpc) is 3.14. The predicted molar refractivity (Wildman–Crippen MR) is 200 cm³/mol. The SMILES string of the molecule is Cc1cc(N2CCC3(CCN(C(=O)c4ccc(C5CC(Nc6cnn(C)c(=O)c6Cl)CN(C)C5)cc4)CC3)CC2)ccc1OC1CCC(=O)NC1=O. The molecule has 0 aliphatic carbocycles. The topological polar surface area (TPSA) is 129 Å². The molecule has 4 aliphatic heterocycles. The fourth-order valence-corrected chi connectivity index (χ4v) is 8.63. The molecule has 0 saturated carbocycles. The van der Waals surface area contributed by atoms with Gasteiger partial charge in [-0.05, 0) is 98.9 Å². The van der Waals surface area contributed by atoms with Gasteiger partial charge in [0.15, 0.2) is 6.10 Å². The highest BCUT2D eigenvalue weighted by atomic mass is 35.5. The number of likely N-dealkylation sites (tertiary alicyclic amines) is 2. The van der Waals surface area contributed by atoms with E-state index < -0.39 is 6.10 Å². The van der Waals surface area contributed by atoms with Crippen LogP contribution in [0, 0.1) is 12.3 Å². The predicted octanol–water partition coefficient (Wildman–Crippen LogP) is 4.35. The monoisotopic (exact) mass is 729 g/mol. The summed E-state index contributed by atoms with van der Waals surface area (Å²) in [7, 11) is 3.68. The first kappa shape index (κ1) is 36.0. The van der Waals surface area contributed by atoms with Gasteiger partial charge in [0.05, 0.1) is 11.9 Å². The van der Waals surface area contributed by atoms with Crippen molar-refractivity contribution in [2.45, 2.75) is 69.9 Å². The molecular formula is C39H48ClN7O5. The molecule has 3 unspecified atom stereocenters. The van der Waals surface area contributed by atoms with Gasteiger partial charge in [-0.25, -0.2) is 4.68 Å². The van der Waals surface area contributed by atoms with Crippen molar-refractivity contribution < 1.29 is 19.1 Å². The van der Waals surface area contributed by atoms with E-state index in [9.17, 15) is 19.2 Å². The number of carbonyl (C=O) groups is 3. The molecule has 4 saturated heterocycles. The van der Waals surface area contributed by atoms with Crippen LogP contribution in [0.4, 0.5) is 11.4 Å². The number of ether oxygens (including phenoxy) is 1. The number of amides is 3. The van der Waals surface area contributed by atoms with E-state index in [0.29, 0.717) is 17.9 Å². The van der Waals surface area contributed by atoms with Crippen LogP contribution in [0.2, 0.25) is 5.02 Å². The Morgan fingerprint density at radius 2 is 1.69 bits per heavy atom. The van der Waals surface area contributed by atoms with Gasteiger partial charge in [0.2, 0.25) is 5.91 Å². The van der Waals surface area contributed by atoms with Crippen LogP contribution in [0.5, 0.6) is 5.75 Å². The van der Waals surface area contributed by atoms with E-state index in [1.807, 2.05) is 30.0 Å². The molecule has 12 nitrogen and oxygen atoms in total. The van der Waals surface area contributed by atoms with E-state index in [4.69, 9.17) is 16.3 Å². The van der Waals surface area contributed by atoms with Crippen LogP contribution in [0.3, 0.4) is 0 Å². The lowest BCUT2D eigenvalue weighted by molar-refractivity contribution is -0.138. The number of nitrogens with one attached hydrogen (secondary N) is 2. The molecule has 4 aliphatic rings. The summed E-state index contributed by atoms with van der Waals surface area (Å²) in [6.07, 6.45) is 6.72. The van der Waals surface area contributed by atoms with Crippen molar-refractivity contribution in [3.8, 4) is 5.75 Å². The number of anilines is 2. The van der Waals surface area contributed by atoms with E-state index in [-0.39, 0.29) is 52.1 Å². The smallest absolute Gasteiger partial charge is 0.287 e. The molecule has 2 aromatic carbocycles. The molecule has 0 bridgehead atoms. The highest BCUT2D eigenvalue weighted by molar-refractivity contribution is 6.32. The van der Waals surface area contributed by atoms with Crippen LogP contribution in [-0.4, -0.2) is 95.8 Å². The largest absolute Gasteiger partial charge is 0.480 e. The van der Waals surface area contributed by atoms with Crippen molar-refractivity contribution in [1.29, 1.82) is 0 Å². The van der Waals surface area contributed by atoms with E-state index >= 15 is 0 Å². The van der Waals surface area contributed by atoms with Crippen LogP contribution in [-0.2, 0) is 16.6 Å². The van der Waals surface area contributed by atoms with Crippen LogP contribution in [0.1, 0.15) is 72.3 Å². The van der Waals surface area contributed by atoms with Crippen LogP contribution >= 0.6 is 11.6 Å². The number of benzene rings is 2. The summed E-state index contributed by atoms with van der Waals surface area (Å²) in [6.45, 7) is 7.18. The Hall–Kier alpha value is -4.42. The summed E-state index contributed by atoms with van der Waals surface area (Å²) in [5.74, 6) is 0.418. The summed E-state index contributed by atoms with van der Waals surface area (Å²) >= 11 is 6.32. The highest BCUT2D eigenvalue weighted by Gasteiger charge is 2.39. The Morgan fingerprint density at radius 1 is 0.981 bits per heavy atom. The lowest BCUT2D eigenvalue weighted by atomic mass is 9.71.